The summed E-state index contributed by atoms with van der Waals surface area (Å²) in [6, 6.07) is 8.30. The Hall–Kier alpha value is -2.93. The van der Waals surface area contributed by atoms with Crippen molar-refractivity contribution in [1.29, 1.82) is 0 Å². The highest BCUT2D eigenvalue weighted by molar-refractivity contribution is 5.99. The molecule has 7 nitrogen and oxygen atoms in total. The van der Waals surface area contributed by atoms with E-state index in [1.165, 1.54) is 12.0 Å². The SMILES string of the molecule is O=C(NC[C@H]1OCCc2ccccc21)c1cn(C2CCCCC2)cc(C(=O)N2CCCC2)c1=O. The van der Waals surface area contributed by atoms with Gasteiger partial charge in [0, 0.05) is 38.1 Å². The number of likely N-dealkylation sites (tertiary alicyclic amines) is 1. The van der Waals surface area contributed by atoms with Gasteiger partial charge in [-0.2, -0.15) is 0 Å². The van der Waals surface area contributed by atoms with Crippen molar-refractivity contribution in [3.05, 3.63) is 69.1 Å². The number of carbonyl (C=O) groups excluding carboxylic acids is 2. The lowest BCUT2D eigenvalue weighted by Crippen LogP contribution is -2.38. The lowest BCUT2D eigenvalue weighted by atomic mass is 9.95. The highest BCUT2D eigenvalue weighted by Gasteiger charge is 2.28. The van der Waals surface area contributed by atoms with Crippen LogP contribution in [0.1, 0.15) is 88.9 Å². The summed E-state index contributed by atoms with van der Waals surface area (Å²) >= 11 is 0. The third-order valence-corrected chi connectivity index (χ3v) is 7.45. The molecule has 2 aromatic rings. The highest BCUT2D eigenvalue weighted by Crippen LogP contribution is 2.29. The van der Waals surface area contributed by atoms with Gasteiger partial charge in [-0.1, -0.05) is 43.5 Å². The van der Waals surface area contributed by atoms with E-state index in [1.54, 1.807) is 17.3 Å². The monoisotopic (exact) mass is 463 g/mol. The maximum absolute atomic E-state index is 13.3. The Kier molecular flexibility index (Phi) is 6.81. The van der Waals surface area contributed by atoms with Gasteiger partial charge in [0.05, 0.1) is 6.61 Å². The first-order valence-corrected chi connectivity index (χ1v) is 12.6. The van der Waals surface area contributed by atoms with E-state index in [9.17, 15) is 14.4 Å². The summed E-state index contributed by atoms with van der Waals surface area (Å²) in [6.07, 6.45) is 11.3. The van der Waals surface area contributed by atoms with E-state index in [0.717, 1.165) is 50.5 Å². The van der Waals surface area contributed by atoms with E-state index >= 15 is 0 Å². The molecule has 1 aromatic heterocycles. The predicted molar refractivity (Wildman–Crippen MR) is 129 cm³/mol. The molecule has 2 fully saturated rings. The fraction of sp³-hybridized carbons (Fsp3) is 0.519. The largest absolute Gasteiger partial charge is 0.371 e. The fourth-order valence-electron chi connectivity index (χ4n) is 5.52. The lowest BCUT2D eigenvalue weighted by Gasteiger charge is -2.27. The van der Waals surface area contributed by atoms with Gasteiger partial charge < -0.3 is 19.5 Å². The summed E-state index contributed by atoms with van der Waals surface area (Å²) < 4.78 is 7.86. The smallest absolute Gasteiger partial charge is 0.259 e. The van der Waals surface area contributed by atoms with E-state index in [4.69, 9.17) is 4.74 Å². The van der Waals surface area contributed by atoms with E-state index in [0.29, 0.717) is 19.7 Å². The van der Waals surface area contributed by atoms with Gasteiger partial charge in [-0.3, -0.25) is 14.4 Å². The Balaban J connectivity index is 1.41. The van der Waals surface area contributed by atoms with Crippen LogP contribution in [0.25, 0.3) is 0 Å². The number of aromatic nitrogens is 1. The standard InChI is InChI=1S/C27H33N3O4/c31-25-22(26(32)28-16-24-21-11-5-4-8-19(21)12-15-34-24)17-30(20-9-2-1-3-10-20)18-23(25)27(33)29-13-6-7-14-29/h4-5,8,11,17-18,20,24H,1-3,6-7,9-10,12-16H2,(H,28,32)/t24-/m1/s1. The molecule has 0 bridgehead atoms. The quantitative estimate of drug-likeness (QED) is 0.734. The number of hydrogen-bond acceptors (Lipinski definition) is 4. The van der Waals surface area contributed by atoms with Crippen LogP contribution >= 0.6 is 0 Å². The van der Waals surface area contributed by atoms with Crippen LogP contribution in [0.3, 0.4) is 0 Å². The predicted octanol–water partition coefficient (Wildman–Crippen LogP) is 3.63. The molecule has 0 spiro atoms. The summed E-state index contributed by atoms with van der Waals surface area (Å²) in [7, 11) is 0. The van der Waals surface area contributed by atoms with E-state index in [1.807, 2.05) is 22.8 Å². The molecule has 3 aliphatic rings. The molecule has 1 saturated carbocycles. The van der Waals surface area contributed by atoms with Crippen LogP contribution in [0.15, 0.2) is 41.5 Å². The fourth-order valence-corrected chi connectivity index (χ4v) is 5.52. The molecule has 1 aromatic carbocycles. The van der Waals surface area contributed by atoms with Crippen molar-refractivity contribution in [3.8, 4) is 0 Å². The molecule has 34 heavy (non-hydrogen) atoms. The topological polar surface area (TPSA) is 80.6 Å². The Morgan fingerprint density at radius 3 is 2.50 bits per heavy atom. The first kappa shape index (κ1) is 22.8. The van der Waals surface area contributed by atoms with Gasteiger partial charge in [0.25, 0.3) is 11.8 Å². The van der Waals surface area contributed by atoms with Gasteiger partial charge in [0.2, 0.25) is 5.43 Å². The van der Waals surface area contributed by atoms with Crippen LogP contribution in [-0.2, 0) is 11.2 Å². The van der Waals surface area contributed by atoms with Crippen molar-refractivity contribution in [2.24, 2.45) is 0 Å². The zero-order valence-corrected chi connectivity index (χ0v) is 19.6. The number of carbonyl (C=O) groups is 2. The summed E-state index contributed by atoms with van der Waals surface area (Å²) in [4.78, 5) is 41.5. The van der Waals surface area contributed by atoms with Crippen molar-refractivity contribution in [3.63, 3.8) is 0 Å². The zero-order valence-electron chi connectivity index (χ0n) is 19.6. The van der Waals surface area contributed by atoms with Crippen LogP contribution in [-0.4, -0.2) is 47.5 Å². The van der Waals surface area contributed by atoms with Gasteiger partial charge in [-0.05, 0) is 43.2 Å². The summed E-state index contributed by atoms with van der Waals surface area (Å²) in [5, 5.41) is 2.91. The number of rotatable bonds is 5. The second-order valence-electron chi connectivity index (χ2n) is 9.67. The summed E-state index contributed by atoms with van der Waals surface area (Å²) in [5.41, 5.74) is 1.98. The number of benzene rings is 1. The molecule has 180 valence electrons. The summed E-state index contributed by atoms with van der Waals surface area (Å²) in [5.74, 6) is -0.705. The van der Waals surface area contributed by atoms with Crippen LogP contribution in [0.2, 0.25) is 0 Å². The second-order valence-corrected chi connectivity index (χ2v) is 9.67. The number of hydrogen-bond donors (Lipinski definition) is 1. The number of ether oxygens (including phenoxy) is 1. The molecule has 0 unspecified atom stereocenters. The first-order valence-electron chi connectivity index (χ1n) is 12.6. The molecule has 5 rings (SSSR count). The molecule has 1 aliphatic carbocycles. The average molecular weight is 464 g/mol. The van der Waals surface area contributed by atoms with Crippen LogP contribution < -0.4 is 10.7 Å². The Bertz CT molecular complexity index is 1110. The van der Waals surface area contributed by atoms with Gasteiger partial charge in [0.15, 0.2) is 0 Å². The van der Waals surface area contributed by atoms with Crippen LogP contribution in [0.5, 0.6) is 0 Å². The van der Waals surface area contributed by atoms with E-state index < -0.39 is 11.3 Å². The van der Waals surface area contributed by atoms with Crippen molar-refractivity contribution < 1.29 is 14.3 Å². The normalized spacial score (nSPS) is 20.7. The zero-order chi connectivity index (χ0) is 23.5. The Morgan fingerprint density at radius 2 is 1.71 bits per heavy atom. The molecule has 1 saturated heterocycles. The summed E-state index contributed by atoms with van der Waals surface area (Å²) in [6.45, 7) is 2.21. The molecule has 7 heteroatoms. The highest BCUT2D eigenvalue weighted by atomic mass is 16.5. The Morgan fingerprint density at radius 1 is 0.971 bits per heavy atom. The minimum absolute atomic E-state index is 0.0414. The van der Waals surface area contributed by atoms with Crippen molar-refractivity contribution >= 4 is 11.8 Å². The number of amides is 2. The van der Waals surface area contributed by atoms with Gasteiger partial charge >= 0.3 is 0 Å². The molecule has 1 N–H and O–H groups in total. The number of nitrogens with one attached hydrogen (secondary N) is 1. The van der Waals surface area contributed by atoms with E-state index in [-0.39, 0.29) is 35.7 Å². The molecule has 1 atom stereocenters. The maximum atomic E-state index is 13.3. The lowest BCUT2D eigenvalue weighted by molar-refractivity contribution is 0.0411. The molecule has 2 amide bonds. The third kappa shape index (κ3) is 4.67. The average Bonchev–Trinajstić information content (AvgIpc) is 3.43. The molecular formula is C27H33N3O4. The van der Waals surface area contributed by atoms with Crippen LogP contribution in [0.4, 0.5) is 0 Å². The molecule has 2 aliphatic heterocycles. The maximum Gasteiger partial charge on any atom is 0.259 e. The molecule has 3 heterocycles. The van der Waals surface area contributed by atoms with Gasteiger partial charge in [-0.25, -0.2) is 0 Å². The number of nitrogens with zero attached hydrogens (tertiary/aromatic N) is 2. The van der Waals surface area contributed by atoms with Crippen molar-refractivity contribution in [1.82, 2.24) is 14.8 Å². The minimum atomic E-state index is -0.480. The second kappa shape index (κ2) is 10.1. The number of pyridine rings is 1. The molecular weight excluding hydrogens is 430 g/mol. The molecule has 0 radical (unpaired) electrons. The van der Waals surface area contributed by atoms with Crippen molar-refractivity contribution in [2.45, 2.75) is 63.5 Å². The number of fused-ring (bicyclic) bond motifs is 1. The van der Waals surface area contributed by atoms with E-state index in [2.05, 4.69) is 11.4 Å². The van der Waals surface area contributed by atoms with Gasteiger partial charge in [0.1, 0.15) is 17.2 Å². The Labute approximate surface area is 200 Å². The van der Waals surface area contributed by atoms with Crippen molar-refractivity contribution in [2.75, 3.05) is 26.2 Å². The van der Waals surface area contributed by atoms with Gasteiger partial charge in [-0.15, -0.1) is 0 Å². The van der Waals surface area contributed by atoms with Crippen LogP contribution in [0, 0.1) is 0 Å². The first-order chi connectivity index (χ1) is 16.6. The minimum Gasteiger partial charge on any atom is -0.371 e. The third-order valence-electron chi connectivity index (χ3n) is 7.45.